The van der Waals surface area contributed by atoms with Crippen molar-refractivity contribution in [3.8, 4) is 5.69 Å². The Kier molecular flexibility index (Phi) is 6.37. The van der Waals surface area contributed by atoms with Crippen molar-refractivity contribution in [3.05, 3.63) is 88.1 Å². The van der Waals surface area contributed by atoms with Crippen LogP contribution in [0, 0.1) is 17.7 Å². The third-order valence-electron chi connectivity index (χ3n) is 5.48. The molecule has 1 heterocycles. The number of carbonyl (C=O) groups is 3. The summed E-state index contributed by atoms with van der Waals surface area (Å²) in [6.45, 7) is 0. The monoisotopic (exact) mass is 467 g/mol. The molecular weight excluding hydrogens is 449 g/mol. The highest BCUT2D eigenvalue weighted by Crippen LogP contribution is 2.32. The summed E-state index contributed by atoms with van der Waals surface area (Å²) in [6.07, 6.45) is 1.32. The Balaban J connectivity index is 1.49. The third kappa shape index (κ3) is 5.01. The first kappa shape index (κ1) is 22.4. The van der Waals surface area contributed by atoms with Gasteiger partial charge in [-0.15, -0.1) is 0 Å². The Hall–Kier alpha value is -3.78. The molecule has 7 nitrogen and oxygen atoms in total. The maximum absolute atomic E-state index is 14.7. The van der Waals surface area contributed by atoms with E-state index >= 15 is 0 Å². The van der Waals surface area contributed by atoms with E-state index < -0.39 is 29.5 Å². The number of carbonyl (C=O) groups excluding carboxylic acids is 3. The second-order valence-electron chi connectivity index (χ2n) is 7.72. The van der Waals surface area contributed by atoms with Crippen LogP contribution in [0.2, 0.25) is 5.02 Å². The van der Waals surface area contributed by atoms with E-state index in [1.807, 2.05) is 0 Å². The number of anilines is 2. The van der Waals surface area contributed by atoms with Crippen LogP contribution in [-0.4, -0.2) is 22.2 Å². The summed E-state index contributed by atoms with van der Waals surface area (Å²) in [5, 5.41) is 5.66. The molecular formula is C24H19ClFN3O4. The van der Waals surface area contributed by atoms with Crippen molar-refractivity contribution in [1.82, 2.24) is 4.57 Å². The van der Waals surface area contributed by atoms with Gasteiger partial charge in [-0.3, -0.25) is 23.7 Å². The quantitative estimate of drug-likeness (QED) is 0.596. The van der Waals surface area contributed by atoms with Gasteiger partial charge < -0.3 is 10.6 Å². The smallest absolute Gasteiger partial charge is 0.255 e. The normalized spacial score (nSPS) is 17.6. The predicted molar refractivity (Wildman–Crippen MR) is 122 cm³/mol. The lowest BCUT2D eigenvalue weighted by molar-refractivity contribution is -0.128. The topological polar surface area (TPSA) is 97.3 Å². The van der Waals surface area contributed by atoms with Crippen molar-refractivity contribution in [1.29, 1.82) is 0 Å². The highest BCUT2D eigenvalue weighted by molar-refractivity contribution is 6.30. The zero-order valence-electron chi connectivity index (χ0n) is 17.3. The molecule has 168 valence electrons. The van der Waals surface area contributed by atoms with Crippen molar-refractivity contribution in [2.24, 2.45) is 11.8 Å². The molecule has 33 heavy (non-hydrogen) atoms. The third-order valence-corrected chi connectivity index (χ3v) is 5.73. The van der Waals surface area contributed by atoms with Crippen LogP contribution in [0.1, 0.15) is 12.8 Å². The Bertz CT molecular complexity index is 1290. The molecule has 0 bridgehead atoms. The van der Waals surface area contributed by atoms with Crippen LogP contribution in [-0.2, 0) is 14.4 Å². The molecule has 1 saturated carbocycles. The number of amides is 2. The van der Waals surface area contributed by atoms with Crippen molar-refractivity contribution in [2.45, 2.75) is 12.8 Å². The zero-order chi connectivity index (χ0) is 23.5. The van der Waals surface area contributed by atoms with Gasteiger partial charge in [-0.1, -0.05) is 17.7 Å². The number of hydrogen-bond acceptors (Lipinski definition) is 4. The van der Waals surface area contributed by atoms with Crippen LogP contribution in [0.3, 0.4) is 0 Å². The van der Waals surface area contributed by atoms with Crippen LogP contribution in [0.4, 0.5) is 15.8 Å². The van der Waals surface area contributed by atoms with Gasteiger partial charge in [-0.05, 0) is 42.5 Å². The second kappa shape index (κ2) is 9.38. The molecule has 1 fully saturated rings. The first-order chi connectivity index (χ1) is 15.8. The summed E-state index contributed by atoms with van der Waals surface area (Å²) in [6, 6.07) is 15.0. The molecule has 0 spiro atoms. The summed E-state index contributed by atoms with van der Waals surface area (Å²) in [4.78, 5) is 49.6. The van der Waals surface area contributed by atoms with Crippen molar-refractivity contribution >= 4 is 40.6 Å². The summed E-state index contributed by atoms with van der Waals surface area (Å²) >= 11 is 5.84. The maximum atomic E-state index is 14.7. The second-order valence-corrected chi connectivity index (χ2v) is 8.15. The van der Waals surface area contributed by atoms with Crippen molar-refractivity contribution in [2.75, 3.05) is 10.6 Å². The van der Waals surface area contributed by atoms with Crippen LogP contribution >= 0.6 is 11.6 Å². The molecule has 2 atom stereocenters. The molecule has 2 N–H and O–H groups in total. The summed E-state index contributed by atoms with van der Waals surface area (Å²) < 4.78 is 15.9. The number of ketones is 1. The van der Waals surface area contributed by atoms with Crippen LogP contribution < -0.4 is 16.2 Å². The van der Waals surface area contributed by atoms with E-state index in [4.69, 9.17) is 11.6 Å². The van der Waals surface area contributed by atoms with E-state index in [0.29, 0.717) is 16.4 Å². The summed E-state index contributed by atoms with van der Waals surface area (Å²) in [5.41, 5.74) is 0.352. The zero-order valence-corrected chi connectivity index (χ0v) is 18.0. The molecule has 1 aliphatic carbocycles. The van der Waals surface area contributed by atoms with Gasteiger partial charge in [0.2, 0.25) is 11.8 Å². The molecule has 4 rings (SSSR count). The van der Waals surface area contributed by atoms with E-state index in [1.165, 1.54) is 29.0 Å². The predicted octanol–water partition coefficient (Wildman–Crippen LogP) is 3.80. The minimum Gasteiger partial charge on any atom is -0.326 e. The van der Waals surface area contributed by atoms with Gasteiger partial charge in [0.15, 0.2) is 0 Å². The Morgan fingerprint density at radius 2 is 1.58 bits per heavy atom. The lowest BCUT2D eigenvalue weighted by Crippen LogP contribution is -2.33. The highest BCUT2D eigenvalue weighted by Gasteiger charge is 2.42. The van der Waals surface area contributed by atoms with Gasteiger partial charge in [-0.2, -0.15) is 0 Å². The van der Waals surface area contributed by atoms with Gasteiger partial charge in [0.05, 0.1) is 23.2 Å². The number of halogens is 2. The molecule has 1 aliphatic rings. The largest absolute Gasteiger partial charge is 0.326 e. The van der Waals surface area contributed by atoms with Gasteiger partial charge in [0.1, 0.15) is 11.6 Å². The van der Waals surface area contributed by atoms with Gasteiger partial charge in [0.25, 0.3) is 5.56 Å². The molecule has 1 aromatic heterocycles. The van der Waals surface area contributed by atoms with Gasteiger partial charge >= 0.3 is 0 Å². The SMILES string of the molecule is O=C1C[C@H](C(=O)Nc2ccc(Cl)cc2)[C@@H](C(=O)Nc2ccc(-n3ccccc3=O)cc2F)C1. The Morgan fingerprint density at radius 1 is 0.909 bits per heavy atom. The Morgan fingerprint density at radius 3 is 2.21 bits per heavy atom. The Labute approximate surface area is 193 Å². The molecule has 3 aromatic rings. The van der Waals surface area contributed by atoms with E-state index in [-0.39, 0.29) is 29.9 Å². The van der Waals surface area contributed by atoms with E-state index in [9.17, 15) is 23.6 Å². The number of Topliss-reactive ketones (excluding diaryl/α,β-unsaturated/α-hetero) is 1. The number of rotatable bonds is 5. The van der Waals surface area contributed by atoms with Crippen LogP contribution in [0.15, 0.2) is 71.7 Å². The number of nitrogens with one attached hydrogen (secondary N) is 2. The average Bonchev–Trinajstić information content (AvgIpc) is 3.19. The highest BCUT2D eigenvalue weighted by atomic mass is 35.5. The van der Waals surface area contributed by atoms with E-state index in [2.05, 4.69) is 10.6 Å². The fourth-order valence-corrected chi connectivity index (χ4v) is 3.92. The standard InChI is InChI=1S/C24H19ClFN3O4/c25-14-4-6-15(7-5-14)27-23(32)18-12-17(30)13-19(18)24(33)28-21-9-8-16(11-20(21)26)29-10-2-1-3-22(29)31/h1-11,18-19H,12-13H2,(H,27,32)(H,28,33)/t18-,19-/m0/s1. The summed E-state index contributed by atoms with van der Waals surface area (Å²) in [7, 11) is 0. The lowest BCUT2D eigenvalue weighted by Gasteiger charge is -2.18. The molecule has 0 radical (unpaired) electrons. The maximum Gasteiger partial charge on any atom is 0.255 e. The lowest BCUT2D eigenvalue weighted by atomic mass is 9.94. The number of pyridine rings is 1. The van der Waals surface area contributed by atoms with Crippen LogP contribution in [0.25, 0.3) is 5.69 Å². The molecule has 2 aromatic carbocycles. The van der Waals surface area contributed by atoms with E-state index in [0.717, 1.165) is 6.07 Å². The van der Waals surface area contributed by atoms with Crippen molar-refractivity contribution in [3.63, 3.8) is 0 Å². The van der Waals surface area contributed by atoms with Crippen molar-refractivity contribution < 1.29 is 18.8 Å². The first-order valence-electron chi connectivity index (χ1n) is 10.2. The van der Waals surface area contributed by atoms with E-state index in [1.54, 1.807) is 36.4 Å². The van der Waals surface area contributed by atoms with Crippen LogP contribution in [0.5, 0.6) is 0 Å². The van der Waals surface area contributed by atoms with Gasteiger partial charge in [-0.25, -0.2) is 4.39 Å². The summed E-state index contributed by atoms with van der Waals surface area (Å²) in [5.74, 6) is -3.86. The fraction of sp³-hybridized carbons (Fsp3) is 0.167. The molecule has 0 unspecified atom stereocenters. The average molecular weight is 468 g/mol. The molecule has 0 aliphatic heterocycles. The number of hydrogen-bond donors (Lipinski definition) is 2. The molecule has 2 amide bonds. The number of nitrogens with zero attached hydrogens (tertiary/aromatic N) is 1. The number of benzene rings is 2. The first-order valence-corrected chi connectivity index (χ1v) is 10.6. The molecule has 0 saturated heterocycles. The minimum atomic E-state index is -0.930. The number of aromatic nitrogens is 1. The molecule has 9 heteroatoms. The fourth-order valence-electron chi connectivity index (χ4n) is 3.80. The minimum absolute atomic E-state index is 0.0736. The van der Waals surface area contributed by atoms with Gasteiger partial charge in [0, 0.05) is 41.9 Å².